The van der Waals surface area contributed by atoms with Crippen LogP contribution in [0.3, 0.4) is 0 Å². The maximum Gasteiger partial charge on any atom is 0.211 e. The molecule has 2 N–H and O–H groups in total. The van der Waals surface area contributed by atoms with E-state index >= 15 is 0 Å². The quantitative estimate of drug-likeness (QED) is 0.817. The maximum absolute atomic E-state index is 11.6. The molecule has 24 heavy (non-hydrogen) atoms. The average Bonchev–Trinajstić information content (AvgIpc) is 3.05. The lowest BCUT2D eigenvalue weighted by Gasteiger charge is -2.47. The fourth-order valence-electron chi connectivity index (χ4n) is 3.71. The van der Waals surface area contributed by atoms with E-state index in [2.05, 4.69) is 35.7 Å². The molecular weight excluding hydrogens is 324 g/mol. The van der Waals surface area contributed by atoms with Crippen LogP contribution in [-0.4, -0.2) is 56.4 Å². The van der Waals surface area contributed by atoms with Gasteiger partial charge < -0.3 is 10.4 Å². The van der Waals surface area contributed by atoms with Crippen molar-refractivity contribution in [3.63, 3.8) is 0 Å². The number of hydrogen-bond acceptors (Lipinski definition) is 4. The molecule has 0 unspecified atom stereocenters. The fourth-order valence-corrected chi connectivity index (χ4v) is 4.14. The van der Waals surface area contributed by atoms with Crippen molar-refractivity contribution in [2.75, 3.05) is 26.5 Å². The second-order valence-electron chi connectivity index (χ2n) is 6.88. The van der Waals surface area contributed by atoms with E-state index in [9.17, 15) is 13.5 Å². The molecule has 1 aromatic carbocycles. The minimum atomic E-state index is -3.20. The van der Waals surface area contributed by atoms with Crippen molar-refractivity contribution >= 4 is 15.6 Å². The maximum atomic E-state index is 11.6. The van der Waals surface area contributed by atoms with E-state index < -0.39 is 10.0 Å². The minimum Gasteiger partial charge on any atom is -0.395 e. The molecule has 1 aliphatic carbocycles. The molecule has 0 spiro atoms. The highest BCUT2D eigenvalue weighted by atomic mass is 32.2. The molecule has 2 aliphatic rings. The van der Waals surface area contributed by atoms with E-state index in [-0.39, 0.29) is 24.6 Å². The van der Waals surface area contributed by atoms with Gasteiger partial charge in [-0.2, -0.15) is 0 Å². The number of aliphatic hydroxyl groups excluding tert-OH is 1. The second-order valence-corrected chi connectivity index (χ2v) is 8.96. The Morgan fingerprint density at radius 3 is 2.50 bits per heavy atom. The predicted octanol–water partition coefficient (Wildman–Crippen LogP) is 1.56. The summed E-state index contributed by atoms with van der Waals surface area (Å²) in [6.07, 6.45) is 7.06. The van der Waals surface area contributed by atoms with Crippen molar-refractivity contribution in [3.05, 3.63) is 41.5 Å². The molecule has 1 heterocycles. The summed E-state index contributed by atoms with van der Waals surface area (Å²) in [5, 5.41) is 12.8. The highest BCUT2D eigenvalue weighted by Gasteiger charge is 2.42. The van der Waals surface area contributed by atoms with Crippen LogP contribution in [0.4, 0.5) is 0 Å². The van der Waals surface area contributed by atoms with Crippen LogP contribution in [0.2, 0.25) is 0 Å². The van der Waals surface area contributed by atoms with E-state index in [0.29, 0.717) is 6.54 Å². The normalized spacial score (nSPS) is 27.2. The van der Waals surface area contributed by atoms with Crippen molar-refractivity contribution in [2.24, 2.45) is 0 Å². The summed E-state index contributed by atoms with van der Waals surface area (Å²) in [4.78, 5) is 0. The van der Waals surface area contributed by atoms with Crippen molar-refractivity contribution in [3.8, 4) is 0 Å². The van der Waals surface area contributed by atoms with Gasteiger partial charge in [-0.1, -0.05) is 30.3 Å². The Morgan fingerprint density at radius 1 is 1.25 bits per heavy atom. The van der Waals surface area contributed by atoms with Crippen molar-refractivity contribution in [2.45, 2.75) is 37.3 Å². The zero-order valence-electron chi connectivity index (χ0n) is 14.3. The van der Waals surface area contributed by atoms with Gasteiger partial charge in [0.05, 0.1) is 12.9 Å². The molecule has 1 aliphatic heterocycles. The molecule has 1 aromatic rings. The van der Waals surface area contributed by atoms with Gasteiger partial charge in [0, 0.05) is 31.6 Å². The average molecular weight is 350 g/mol. The summed E-state index contributed by atoms with van der Waals surface area (Å²) in [5.74, 6) is 0.130. The number of nitrogens with zero attached hydrogens (tertiary/aromatic N) is 1. The van der Waals surface area contributed by atoms with Gasteiger partial charge in [-0.25, -0.2) is 12.7 Å². The van der Waals surface area contributed by atoms with E-state index in [0.717, 1.165) is 18.4 Å². The Kier molecular flexibility index (Phi) is 5.11. The van der Waals surface area contributed by atoms with Gasteiger partial charge in [0.25, 0.3) is 0 Å². The summed E-state index contributed by atoms with van der Waals surface area (Å²) >= 11 is 0. The number of rotatable bonds is 6. The van der Waals surface area contributed by atoms with Gasteiger partial charge in [0.1, 0.15) is 0 Å². The lowest BCUT2D eigenvalue weighted by Crippen LogP contribution is -2.64. The third-order valence-corrected chi connectivity index (χ3v) is 6.50. The minimum absolute atomic E-state index is 0.0143. The van der Waals surface area contributed by atoms with Crippen LogP contribution in [0.15, 0.2) is 30.3 Å². The van der Waals surface area contributed by atoms with Crippen molar-refractivity contribution in [1.29, 1.82) is 0 Å². The van der Waals surface area contributed by atoms with Crippen molar-refractivity contribution < 1.29 is 13.5 Å². The van der Waals surface area contributed by atoms with Gasteiger partial charge in [-0.15, -0.1) is 0 Å². The van der Waals surface area contributed by atoms with E-state index in [1.807, 2.05) is 0 Å². The Morgan fingerprint density at radius 2 is 1.96 bits per heavy atom. The molecule has 0 amide bonds. The molecule has 0 aromatic heterocycles. The summed E-state index contributed by atoms with van der Waals surface area (Å²) in [5.41, 5.74) is 3.84. The predicted molar refractivity (Wildman–Crippen MR) is 96.3 cm³/mol. The highest BCUT2D eigenvalue weighted by Crippen LogP contribution is 2.34. The number of aliphatic hydroxyl groups is 1. The Hall–Kier alpha value is -1.21. The lowest BCUT2D eigenvalue weighted by molar-refractivity contribution is 0.118. The summed E-state index contributed by atoms with van der Waals surface area (Å²) < 4.78 is 24.6. The third-order valence-electron chi connectivity index (χ3n) is 5.22. The zero-order chi connectivity index (χ0) is 17.3. The molecule has 3 rings (SSSR count). The standard InChI is InChI=1S/C18H26N2O3S/c1-20(24(2,22)23)11-16-18(17(12-21)19-16)15-9-7-14(8-10-15)13-5-3-4-6-13/h5,7-10,16-19,21H,3-4,6,11-12H2,1-2H3/t16-,17-,18+/m1/s1. The molecule has 6 heteroatoms. The first kappa shape index (κ1) is 17.6. The van der Waals surface area contributed by atoms with Gasteiger partial charge in [0.2, 0.25) is 10.0 Å². The Balaban J connectivity index is 1.74. The number of nitrogens with one attached hydrogen (secondary N) is 1. The van der Waals surface area contributed by atoms with Gasteiger partial charge in [-0.3, -0.25) is 0 Å². The van der Waals surface area contributed by atoms with Crippen LogP contribution in [0.25, 0.3) is 5.57 Å². The Labute approximate surface area is 144 Å². The van der Waals surface area contributed by atoms with Crippen LogP contribution in [0.1, 0.15) is 36.3 Å². The first-order chi connectivity index (χ1) is 11.4. The van der Waals surface area contributed by atoms with Crippen LogP contribution in [-0.2, 0) is 10.0 Å². The summed E-state index contributed by atoms with van der Waals surface area (Å²) in [6.45, 7) is 0.462. The summed E-state index contributed by atoms with van der Waals surface area (Å²) in [6, 6.07) is 8.55. The number of allylic oxidation sites excluding steroid dienone is 2. The smallest absolute Gasteiger partial charge is 0.211 e. The molecule has 5 nitrogen and oxygen atoms in total. The molecule has 1 saturated heterocycles. The largest absolute Gasteiger partial charge is 0.395 e. The van der Waals surface area contributed by atoms with Gasteiger partial charge in [-0.05, 0) is 36.0 Å². The molecule has 132 valence electrons. The number of sulfonamides is 1. The fraction of sp³-hybridized carbons (Fsp3) is 0.556. The zero-order valence-corrected chi connectivity index (χ0v) is 15.1. The van der Waals surface area contributed by atoms with Crippen LogP contribution in [0, 0.1) is 0 Å². The Bertz CT molecular complexity index is 712. The van der Waals surface area contributed by atoms with E-state index in [1.54, 1.807) is 7.05 Å². The monoisotopic (exact) mass is 350 g/mol. The number of likely N-dealkylation sites (N-methyl/N-ethyl adjacent to an activating group) is 1. The molecule has 0 bridgehead atoms. The topological polar surface area (TPSA) is 69.6 Å². The van der Waals surface area contributed by atoms with E-state index in [1.165, 1.54) is 28.1 Å². The van der Waals surface area contributed by atoms with Gasteiger partial charge in [0.15, 0.2) is 0 Å². The molecule has 3 atom stereocenters. The van der Waals surface area contributed by atoms with Gasteiger partial charge >= 0.3 is 0 Å². The second kappa shape index (κ2) is 6.96. The number of hydrogen-bond donors (Lipinski definition) is 2. The molecular formula is C18H26N2O3S. The third kappa shape index (κ3) is 3.57. The number of benzene rings is 1. The lowest BCUT2D eigenvalue weighted by atomic mass is 9.77. The molecule has 0 saturated carbocycles. The van der Waals surface area contributed by atoms with Crippen LogP contribution in [0.5, 0.6) is 0 Å². The SMILES string of the molecule is CN(C[C@H]1N[C@H](CO)[C@H]1c1ccc(C2=CCCC2)cc1)S(C)(=O)=O. The first-order valence-corrected chi connectivity index (χ1v) is 10.3. The molecule has 1 fully saturated rings. The molecule has 0 radical (unpaired) electrons. The first-order valence-electron chi connectivity index (χ1n) is 8.47. The highest BCUT2D eigenvalue weighted by molar-refractivity contribution is 7.88. The summed E-state index contributed by atoms with van der Waals surface area (Å²) in [7, 11) is -1.61. The van der Waals surface area contributed by atoms with Crippen LogP contribution >= 0.6 is 0 Å². The van der Waals surface area contributed by atoms with Crippen molar-refractivity contribution in [1.82, 2.24) is 9.62 Å². The van der Waals surface area contributed by atoms with Crippen LogP contribution < -0.4 is 5.32 Å². The van der Waals surface area contributed by atoms with E-state index in [4.69, 9.17) is 0 Å².